The Balaban J connectivity index is 2.02. The average molecular weight is 717 g/mol. The second-order valence-corrected chi connectivity index (χ2v) is 16.2. The fourth-order valence-corrected chi connectivity index (χ4v) is 7.88. The van der Waals surface area contributed by atoms with Gasteiger partial charge < -0.3 is 20.4 Å². The first-order valence-electron chi connectivity index (χ1n) is 18.2. The average Bonchev–Trinajstić information content (AvgIpc) is 3.01. The Morgan fingerprint density at radius 3 is 0.750 bits per heavy atom. The van der Waals surface area contributed by atoms with Crippen LogP contribution in [0.15, 0.2) is 43.4 Å². The molecular formula is C40H52N4O8. The van der Waals surface area contributed by atoms with Crippen LogP contribution in [0.5, 0.6) is 23.5 Å². The van der Waals surface area contributed by atoms with Crippen molar-refractivity contribution in [3.63, 3.8) is 0 Å². The van der Waals surface area contributed by atoms with E-state index in [9.17, 15) is 39.6 Å². The fraction of sp³-hybridized carbons (Fsp3) is 0.500. The van der Waals surface area contributed by atoms with Crippen LogP contribution in [0.4, 0.5) is 0 Å². The lowest BCUT2D eigenvalue weighted by Gasteiger charge is -2.28. The molecule has 5 rings (SSSR count). The summed E-state index contributed by atoms with van der Waals surface area (Å²) in [5, 5.41) is 45.4. The van der Waals surface area contributed by atoms with Crippen LogP contribution in [0, 0.1) is 23.7 Å². The molecule has 1 aliphatic carbocycles. The van der Waals surface area contributed by atoms with Gasteiger partial charge in [0.2, 0.25) is 0 Å². The van der Waals surface area contributed by atoms with Gasteiger partial charge in [-0.3, -0.25) is 39.1 Å². The lowest BCUT2D eigenvalue weighted by atomic mass is 9.77. The molecule has 8 bridgehead atoms. The molecule has 2 unspecified atom stereocenters. The minimum atomic E-state index is -0.809. The molecule has 0 spiro atoms. The summed E-state index contributed by atoms with van der Waals surface area (Å²) in [5.41, 5.74) is -0.418. The number of fused-ring (bicyclic) bond motifs is 8. The SMILES string of the molecule is CC(C)CC1c2cc(c(=O)[nH]c2O)C(CC(C)C)c2cc(c(=O)[nH]c2O)C(CC(C)C)c2cc(c(O)[nH]c2=O)C(CC(C)C)c2cc1c(O)[nH]c2=O. The Labute approximate surface area is 302 Å². The van der Waals surface area contributed by atoms with Gasteiger partial charge in [-0.1, -0.05) is 55.4 Å². The van der Waals surface area contributed by atoms with Crippen molar-refractivity contribution in [2.75, 3.05) is 0 Å². The molecule has 1 aliphatic rings. The third-order valence-electron chi connectivity index (χ3n) is 10.1. The van der Waals surface area contributed by atoms with Gasteiger partial charge >= 0.3 is 0 Å². The largest absolute Gasteiger partial charge is 0.494 e. The van der Waals surface area contributed by atoms with Crippen molar-refractivity contribution >= 4 is 0 Å². The number of hydrogen-bond donors (Lipinski definition) is 8. The Kier molecular flexibility index (Phi) is 11.0. The Morgan fingerprint density at radius 1 is 0.385 bits per heavy atom. The molecule has 2 atom stereocenters. The van der Waals surface area contributed by atoms with Crippen LogP contribution in [0.1, 0.15) is 149 Å². The van der Waals surface area contributed by atoms with Crippen LogP contribution >= 0.6 is 0 Å². The zero-order chi connectivity index (χ0) is 38.3. The maximum Gasteiger partial charge on any atom is 0.254 e. The Bertz CT molecular complexity index is 2040. The van der Waals surface area contributed by atoms with Crippen molar-refractivity contribution in [1.29, 1.82) is 0 Å². The molecule has 4 aromatic heterocycles. The van der Waals surface area contributed by atoms with Gasteiger partial charge in [-0.25, -0.2) is 0 Å². The highest BCUT2D eigenvalue weighted by Crippen LogP contribution is 2.44. The summed E-state index contributed by atoms with van der Waals surface area (Å²) in [6.45, 7) is 15.7. The summed E-state index contributed by atoms with van der Waals surface area (Å²) < 4.78 is 0. The van der Waals surface area contributed by atoms with Crippen LogP contribution in [-0.4, -0.2) is 40.4 Å². The number of hydrogen-bond acceptors (Lipinski definition) is 8. The van der Waals surface area contributed by atoms with Crippen LogP contribution in [0.25, 0.3) is 0 Å². The van der Waals surface area contributed by atoms with Crippen molar-refractivity contribution in [3.8, 4) is 23.5 Å². The van der Waals surface area contributed by atoms with Gasteiger partial charge in [-0.2, -0.15) is 0 Å². The lowest BCUT2D eigenvalue weighted by molar-refractivity contribution is 0.414. The van der Waals surface area contributed by atoms with Gasteiger partial charge in [0.15, 0.2) is 23.5 Å². The van der Waals surface area contributed by atoms with Crippen molar-refractivity contribution < 1.29 is 20.4 Å². The summed E-state index contributed by atoms with van der Waals surface area (Å²) >= 11 is 0. The van der Waals surface area contributed by atoms with Crippen molar-refractivity contribution in [2.24, 2.45) is 23.7 Å². The van der Waals surface area contributed by atoms with E-state index in [0.29, 0.717) is 36.8 Å². The number of aromatic hydroxyl groups is 4. The van der Waals surface area contributed by atoms with Gasteiger partial charge in [0, 0.05) is 68.2 Å². The molecule has 0 aromatic carbocycles. The van der Waals surface area contributed by atoms with Gasteiger partial charge in [0.1, 0.15) is 0 Å². The molecule has 0 radical (unpaired) electrons. The molecule has 280 valence electrons. The third kappa shape index (κ3) is 7.61. The number of aromatic nitrogens is 4. The molecular weight excluding hydrogens is 664 g/mol. The molecule has 0 amide bonds. The van der Waals surface area contributed by atoms with Gasteiger partial charge in [-0.15, -0.1) is 0 Å². The van der Waals surface area contributed by atoms with E-state index in [4.69, 9.17) is 0 Å². The first kappa shape index (κ1) is 38.2. The van der Waals surface area contributed by atoms with Crippen LogP contribution in [0.2, 0.25) is 0 Å². The topological polar surface area (TPSA) is 212 Å². The molecule has 0 saturated heterocycles. The molecule has 12 heteroatoms. The van der Waals surface area contributed by atoms with E-state index in [1.54, 1.807) is 24.3 Å². The minimum absolute atomic E-state index is 0.00569. The maximum atomic E-state index is 13.8. The highest BCUT2D eigenvalue weighted by Gasteiger charge is 2.34. The smallest absolute Gasteiger partial charge is 0.254 e. The second-order valence-electron chi connectivity index (χ2n) is 16.2. The van der Waals surface area contributed by atoms with Gasteiger partial charge in [0.05, 0.1) is 0 Å². The van der Waals surface area contributed by atoms with Crippen LogP contribution in [-0.2, 0) is 0 Å². The van der Waals surface area contributed by atoms with E-state index in [-0.39, 0.29) is 57.1 Å². The highest BCUT2D eigenvalue weighted by molar-refractivity contribution is 5.50. The van der Waals surface area contributed by atoms with E-state index in [1.807, 2.05) is 55.4 Å². The quantitative estimate of drug-likeness (QED) is 0.104. The number of H-pyrrole nitrogens is 4. The number of rotatable bonds is 8. The van der Waals surface area contributed by atoms with E-state index < -0.39 is 69.4 Å². The number of nitrogens with one attached hydrogen (secondary N) is 4. The highest BCUT2D eigenvalue weighted by atomic mass is 16.3. The van der Waals surface area contributed by atoms with Crippen molar-refractivity contribution in [1.82, 2.24) is 19.9 Å². The van der Waals surface area contributed by atoms with Crippen molar-refractivity contribution in [2.45, 2.75) is 105 Å². The summed E-state index contributed by atoms with van der Waals surface area (Å²) in [7, 11) is 0. The predicted octanol–water partition coefficient (Wildman–Crippen LogP) is 6.29. The van der Waals surface area contributed by atoms with E-state index in [1.165, 1.54) is 0 Å². The van der Waals surface area contributed by atoms with Crippen LogP contribution < -0.4 is 22.2 Å². The molecule has 4 aromatic rings. The molecule has 52 heavy (non-hydrogen) atoms. The van der Waals surface area contributed by atoms with E-state index >= 15 is 0 Å². The third-order valence-corrected chi connectivity index (χ3v) is 10.1. The second kappa shape index (κ2) is 14.9. The summed E-state index contributed by atoms with van der Waals surface area (Å²) in [5.74, 6) is -4.69. The zero-order valence-corrected chi connectivity index (χ0v) is 31.2. The molecule has 0 fully saturated rings. The first-order chi connectivity index (χ1) is 24.4. The molecule has 8 N–H and O–H groups in total. The van der Waals surface area contributed by atoms with Gasteiger partial charge in [0.25, 0.3) is 22.2 Å². The molecule has 0 aliphatic heterocycles. The Hall–Kier alpha value is -5.00. The Morgan fingerprint density at radius 2 is 0.558 bits per heavy atom. The molecule has 4 heterocycles. The summed E-state index contributed by atoms with van der Waals surface area (Å²) in [6, 6.07) is 6.30. The first-order valence-corrected chi connectivity index (χ1v) is 18.2. The van der Waals surface area contributed by atoms with Crippen LogP contribution in [0.3, 0.4) is 0 Å². The minimum Gasteiger partial charge on any atom is -0.494 e. The normalized spacial score (nSPS) is 18.8. The lowest BCUT2D eigenvalue weighted by Crippen LogP contribution is -2.27. The summed E-state index contributed by atoms with van der Waals surface area (Å²) in [4.78, 5) is 65.5. The van der Waals surface area contributed by atoms with E-state index in [2.05, 4.69) is 19.9 Å². The van der Waals surface area contributed by atoms with E-state index in [0.717, 1.165) is 0 Å². The predicted molar refractivity (Wildman–Crippen MR) is 200 cm³/mol. The number of pyridine rings is 4. The molecule has 12 nitrogen and oxygen atoms in total. The monoisotopic (exact) mass is 716 g/mol. The maximum absolute atomic E-state index is 13.8. The standard InChI is InChI=1S/C40H52N4O8/c1-17(2)9-21-25-13-27(35(47)41-33(25)45)22(10-18(3)4)29-15-31(39(51)43-37(29)49)24(12-20(7)8)32-16-30(38(50)44-40(32)52)23(11-19(5)6)28-14-26(21)34(46)42-36(28)48/h13-24H,9-12H2,1-8H3,(H2,41,45,47)(H2,42,46,48)(H2,43,49,51)(H2,44,50,52). The summed E-state index contributed by atoms with van der Waals surface area (Å²) in [6.07, 6.45) is 1.46. The zero-order valence-electron chi connectivity index (χ0n) is 31.2. The van der Waals surface area contributed by atoms with Gasteiger partial charge in [-0.05, 0) is 73.6 Å². The molecule has 0 saturated carbocycles. The fourth-order valence-electron chi connectivity index (χ4n) is 7.88. The van der Waals surface area contributed by atoms with Crippen molar-refractivity contribution in [3.05, 3.63) is 110 Å². The number of aromatic amines is 4.